The van der Waals surface area contributed by atoms with Crippen molar-refractivity contribution in [1.29, 1.82) is 0 Å². The molecule has 168 valence electrons. The van der Waals surface area contributed by atoms with E-state index >= 15 is 0 Å². The summed E-state index contributed by atoms with van der Waals surface area (Å²) < 4.78 is 10.8. The molecule has 1 unspecified atom stereocenters. The number of carbonyl (C=O) groups excluding carboxylic acids is 2. The van der Waals surface area contributed by atoms with Crippen molar-refractivity contribution in [3.05, 3.63) is 94.6 Å². The number of ketones is 1. The first-order valence-corrected chi connectivity index (χ1v) is 10.9. The summed E-state index contributed by atoms with van der Waals surface area (Å²) in [5.74, 6) is -0.743. The molecule has 0 aliphatic carbocycles. The molecule has 1 aromatic heterocycles. The zero-order valence-electron chi connectivity index (χ0n) is 17.6. The van der Waals surface area contributed by atoms with E-state index in [0.29, 0.717) is 33.3 Å². The van der Waals surface area contributed by atoms with Gasteiger partial charge in [0.15, 0.2) is 11.5 Å². The van der Waals surface area contributed by atoms with E-state index in [-0.39, 0.29) is 18.1 Å². The number of ether oxygens (including phenoxy) is 2. The predicted molar refractivity (Wildman–Crippen MR) is 127 cm³/mol. The van der Waals surface area contributed by atoms with Gasteiger partial charge in [0.1, 0.15) is 5.76 Å². The minimum absolute atomic E-state index is 0.00487. The number of fused-ring (bicyclic) bond motifs is 2. The summed E-state index contributed by atoms with van der Waals surface area (Å²) in [5.41, 5.74) is 2.32. The molecule has 4 aromatic rings. The zero-order chi connectivity index (χ0) is 23.4. The number of H-pyrrole nitrogens is 1. The van der Waals surface area contributed by atoms with Gasteiger partial charge in [-0.15, -0.1) is 0 Å². The van der Waals surface area contributed by atoms with Gasteiger partial charge in [-0.2, -0.15) is 0 Å². The molecule has 3 heterocycles. The minimum Gasteiger partial charge on any atom is -0.507 e. The third-order valence-corrected chi connectivity index (χ3v) is 6.36. The normalized spacial score (nSPS) is 18.7. The second kappa shape index (κ2) is 7.67. The third kappa shape index (κ3) is 3.05. The lowest BCUT2D eigenvalue weighted by molar-refractivity contribution is -0.132. The van der Waals surface area contributed by atoms with Crippen LogP contribution in [-0.4, -0.2) is 28.6 Å². The van der Waals surface area contributed by atoms with Gasteiger partial charge in [0.05, 0.1) is 11.6 Å². The second-order valence-corrected chi connectivity index (χ2v) is 8.44. The van der Waals surface area contributed by atoms with Crippen LogP contribution in [0.2, 0.25) is 5.02 Å². The number of nitrogens with zero attached hydrogens (tertiary/aromatic N) is 1. The number of aromatic nitrogens is 1. The molecule has 6 rings (SSSR count). The molecule has 0 saturated carbocycles. The van der Waals surface area contributed by atoms with Gasteiger partial charge in [-0.1, -0.05) is 41.9 Å². The van der Waals surface area contributed by atoms with E-state index in [0.717, 1.165) is 10.9 Å². The molecular weight excluding hydrogens is 456 g/mol. The molecule has 34 heavy (non-hydrogen) atoms. The highest BCUT2D eigenvalue weighted by Crippen LogP contribution is 2.45. The van der Waals surface area contributed by atoms with Crippen molar-refractivity contribution in [2.45, 2.75) is 6.04 Å². The number of carbonyl (C=O) groups is 2. The van der Waals surface area contributed by atoms with Crippen LogP contribution in [0.3, 0.4) is 0 Å². The van der Waals surface area contributed by atoms with Crippen molar-refractivity contribution in [2.24, 2.45) is 0 Å². The number of aliphatic hydroxyl groups excluding tert-OH is 1. The molecule has 8 heteroatoms. The molecule has 1 atom stereocenters. The van der Waals surface area contributed by atoms with Gasteiger partial charge in [-0.05, 0) is 35.9 Å². The topological polar surface area (TPSA) is 91.9 Å². The lowest BCUT2D eigenvalue weighted by Crippen LogP contribution is -2.29. The predicted octanol–water partition coefficient (Wildman–Crippen LogP) is 5.18. The maximum atomic E-state index is 13.3. The molecule has 0 spiro atoms. The SMILES string of the molecule is O=C1C(=O)N(c2ccc3c(c2)OCO3)C(c2ccc(Cl)cc2)/C1=C(/O)c1c[nH]c2ccccc12. The summed E-state index contributed by atoms with van der Waals surface area (Å²) in [7, 11) is 0. The van der Waals surface area contributed by atoms with Crippen LogP contribution in [0.5, 0.6) is 11.5 Å². The maximum Gasteiger partial charge on any atom is 0.300 e. The minimum atomic E-state index is -0.869. The zero-order valence-corrected chi connectivity index (χ0v) is 18.4. The van der Waals surface area contributed by atoms with Gasteiger partial charge in [-0.25, -0.2) is 0 Å². The van der Waals surface area contributed by atoms with Crippen LogP contribution < -0.4 is 14.4 Å². The Bertz CT molecular complexity index is 1510. The molecule has 2 aliphatic rings. The Labute approximate surface area is 198 Å². The van der Waals surface area contributed by atoms with E-state index in [9.17, 15) is 14.7 Å². The lowest BCUT2D eigenvalue weighted by Gasteiger charge is -2.25. The van der Waals surface area contributed by atoms with Gasteiger partial charge in [0, 0.05) is 39.4 Å². The van der Waals surface area contributed by atoms with E-state index in [1.807, 2.05) is 24.3 Å². The molecule has 0 radical (unpaired) electrons. The Morgan fingerprint density at radius 3 is 2.59 bits per heavy atom. The lowest BCUT2D eigenvalue weighted by atomic mass is 9.95. The Kier molecular flexibility index (Phi) is 4.60. The van der Waals surface area contributed by atoms with E-state index in [1.165, 1.54) is 4.90 Å². The van der Waals surface area contributed by atoms with Gasteiger partial charge < -0.3 is 19.6 Å². The van der Waals surface area contributed by atoms with Crippen LogP contribution in [0.1, 0.15) is 17.2 Å². The van der Waals surface area contributed by atoms with E-state index < -0.39 is 17.7 Å². The number of hydrogen-bond donors (Lipinski definition) is 2. The van der Waals surface area contributed by atoms with Gasteiger partial charge >= 0.3 is 0 Å². The fourth-order valence-electron chi connectivity index (χ4n) is 4.51. The first kappa shape index (κ1) is 20.4. The first-order valence-electron chi connectivity index (χ1n) is 10.6. The Hall–Kier alpha value is -4.23. The molecule has 1 fully saturated rings. The fourth-order valence-corrected chi connectivity index (χ4v) is 4.63. The summed E-state index contributed by atoms with van der Waals surface area (Å²) in [6.45, 7) is 0.0821. The Balaban J connectivity index is 1.57. The second-order valence-electron chi connectivity index (χ2n) is 8.01. The largest absolute Gasteiger partial charge is 0.507 e. The van der Waals surface area contributed by atoms with Crippen molar-refractivity contribution in [1.82, 2.24) is 4.98 Å². The number of rotatable bonds is 3. The third-order valence-electron chi connectivity index (χ3n) is 6.11. The molecule has 1 amide bonds. The number of amides is 1. The number of Topliss-reactive ketones (excluding diaryl/α,β-unsaturated/α-hetero) is 1. The smallest absolute Gasteiger partial charge is 0.300 e. The van der Waals surface area contributed by atoms with Gasteiger partial charge in [-0.3, -0.25) is 14.5 Å². The summed E-state index contributed by atoms with van der Waals surface area (Å²) in [6.07, 6.45) is 1.63. The van der Waals surface area contributed by atoms with Crippen molar-refractivity contribution in [3.8, 4) is 11.5 Å². The molecular formula is C26H17ClN2O5. The summed E-state index contributed by atoms with van der Waals surface area (Å²) in [4.78, 5) is 31.1. The van der Waals surface area contributed by atoms with Gasteiger partial charge in [0.2, 0.25) is 6.79 Å². The van der Waals surface area contributed by atoms with Crippen molar-refractivity contribution >= 4 is 45.6 Å². The van der Waals surface area contributed by atoms with Crippen LogP contribution >= 0.6 is 11.6 Å². The molecule has 2 N–H and O–H groups in total. The highest BCUT2D eigenvalue weighted by atomic mass is 35.5. The number of aliphatic hydroxyl groups is 1. The van der Waals surface area contributed by atoms with Crippen LogP contribution in [0.25, 0.3) is 16.7 Å². The standard InChI is InChI=1S/C26H17ClN2O5/c27-15-7-5-14(6-8-15)23-22(24(30)18-12-28-19-4-2-1-3-17(18)19)25(31)26(32)29(23)16-9-10-20-21(11-16)34-13-33-20/h1-12,23,28,30H,13H2/b24-22-. The molecule has 3 aromatic carbocycles. The summed E-state index contributed by atoms with van der Waals surface area (Å²) >= 11 is 6.10. The summed E-state index contributed by atoms with van der Waals surface area (Å²) in [5, 5.41) is 12.6. The van der Waals surface area contributed by atoms with Crippen molar-refractivity contribution < 1.29 is 24.2 Å². The number of aromatic amines is 1. The molecule has 1 saturated heterocycles. The van der Waals surface area contributed by atoms with Crippen molar-refractivity contribution in [3.63, 3.8) is 0 Å². The highest BCUT2D eigenvalue weighted by molar-refractivity contribution is 6.51. The number of halogens is 1. The van der Waals surface area contributed by atoms with E-state index in [4.69, 9.17) is 21.1 Å². The van der Waals surface area contributed by atoms with E-state index in [2.05, 4.69) is 4.98 Å². The molecule has 7 nitrogen and oxygen atoms in total. The number of hydrogen-bond acceptors (Lipinski definition) is 5. The highest BCUT2D eigenvalue weighted by Gasteiger charge is 2.47. The monoisotopic (exact) mass is 472 g/mol. The maximum absolute atomic E-state index is 13.3. The molecule has 0 bridgehead atoms. The van der Waals surface area contributed by atoms with Crippen LogP contribution in [0.4, 0.5) is 5.69 Å². The average molecular weight is 473 g/mol. The number of nitrogens with one attached hydrogen (secondary N) is 1. The van der Waals surface area contributed by atoms with Crippen molar-refractivity contribution in [2.75, 3.05) is 11.7 Å². The number of anilines is 1. The first-order chi connectivity index (χ1) is 16.5. The average Bonchev–Trinajstić information content (AvgIpc) is 3.55. The quantitative estimate of drug-likeness (QED) is 0.243. The number of para-hydroxylation sites is 1. The molecule has 2 aliphatic heterocycles. The summed E-state index contributed by atoms with van der Waals surface area (Å²) in [6, 6.07) is 18.4. The van der Waals surface area contributed by atoms with Crippen LogP contribution in [-0.2, 0) is 9.59 Å². The Morgan fingerprint density at radius 2 is 1.76 bits per heavy atom. The Morgan fingerprint density at radius 1 is 1.00 bits per heavy atom. The number of benzene rings is 3. The van der Waals surface area contributed by atoms with Crippen LogP contribution in [0, 0.1) is 0 Å². The van der Waals surface area contributed by atoms with Crippen LogP contribution in [0.15, 0.2) is 78.5 Å². The van der Waals surface area contributed by atoms with E-state index in [1.54, 1.807) is 48.7 Å². The fraction of sp³-hybridized carbons (Fsp3) is 0.0769. The van der Waals surface area contributed by atoms with Gasteiger partial charge in [0.25, 0.3) is 11.7 Å².